The second kappa shape index (κ2) is 6.84. The second-order valence-electron chi connectivity index (χ2n) is 6.15. The molecule has 0 saturated heterocycles. The molecule has 0 bridgehead atoms. The molecule has 0 fully saturated rings. The number of aromatic nitrogens is 6. The molecule has 1 amide bonds. The molecule has 0 radical (unpaired) electrons. The van der Waals surface area contributed by atoms with Gasteiger partial charge in [-0.3, -0.25) is 4.79 Å². The van der Waals surface area contributed by atoms with Crippen LogP contribution < -0.4 is 5.32 Å². The molecule has 128 valence electrons. The van der Waals surface area contributed by atoms with Crippen LogP contribution in [0.3, 0.4) is 0 Å². The number of carbonyl (C=O) groups is 1. The van der Waals surface area contributed by atoms with Crippen LogP contribution >= 0.6 is 0 Å². The van der Waals surface area contributed by atoms with Crippen molar-refractivity contribution in [1.29, 1.82) is 0 Å². The first-order valence-corrected chi connectivity index (χ1v) is 8.44. The van der Waals surface area contributed by atoms with E-state index in [9.17, 15) is 4.79 Å². The highest BCUT2D eigenvalue weighted by molar-refractivity contribution is 5.82. The quantitative estimate of drug-likeness (QED) is 0.778. The van der Waals surface area contributed by atoms with E-state index in [2.05, 4.69) is 25.9 Å². The van der Waals surface area contributed by atoms with Crippen LogP contribution in [-0.2, 0) is 17.9 Å². The van der Waals surface area contributed by atoms with Gasteiger partial charge < -0.3 is 5.32 Å². The summed E-state index contributed by atoms with van der Waals surface area (Å²) in [4.78, 5) is 12.7. The predicted octanol–water partition coefficient (Wildman–Crippen LogP) is 1.44. The molecule has 1 N–H and O–H groups in total. The van der Waals surface area contributed by atoms with Gasteiger partial charge in [-0.05, 0) is 47.0 Å². The van der Waals surface area contributed by atoms with Gasteiger partial charge >= 0.3 is 0 Å². The van der Waals surface area contributed by atoms with Gasteiger partial charge in [-0.1, -0.05) is 18.6 Å². The van der Waals surface area contributed by atoms with Crippen molar-refractivity contribution < 1.29 is 4.79 Å². The van der Waals surface area contributed by atoms with Crippen LogP contribution in [0.4, 0.5) is 0 Å². The number of hydrogen-bond donors (Lipinski definition) is 1. The topological polar surface area (TPSA) is 90.5 Å². The summed E-state index contributed by atoms with van der Waals surface area (Å²) in [6.07, 6.45) is 6.39. The number of aryl methyl sites for hydroxylation is 1. The minimum absolute atomic E-state index is 0.0255. The summed E-state index contributed by atoms with van der Waals surface area (Å²) < 4.78 is 3.54. The van der Waals surface area contributed by atoms with Crippen LogP contribution in [-0.4, -0.2) is 35.9 Å². The third-order valence-corrected chi connectivity index (χ3v) is 4.45. The van der Waals surface area contributed by atoms with E-state index in [-0.39, 0.29) is 11.8 Å². The maximum absolute atomic E-state index is 12.7. The van der Waals surface area contributed by atoms with Crippen molar-refractivity contribution in [3.05, 3.63) is 54.1 Å². The van der Waals surface area contributed by atoms with Crippen LogP contribution in [0.5, 0.6) is 0 Å². The molecule has 8 heteroatoms. The standard InChI is InChI=1S/C17H19N7O/c25-17(15-7-1-2-9-24-16(15)20-21-22-24)18-12-13-5-3-6-14(11-13)23-10-4-8-19-23/h3-6,8,10-11,15H,1-2,7,9,12H2,(H,18,25)/t15-/m0/s1. The van der Waals surface area contributed by atoms with E-state index in [0.717, 1.165) is 37.1 Å². The van der Waals surface area contributed by atoms with Gasteiger partial charge in [-0.25, -0.2) is 9.36 Å². The number of fused-ring (bicyclic) bond motifs is 1. The largest absolute Gasteiger partial charge is 0.351 e. The Labute approximate surface area is 144 Å². The summed E-state index contributed by atoms with van der Waals surface area (Å²) in [6, 6.07) is 9.84. The van der Waals surface area contributed by atoms with Gasteiger partial charge in [0.05, 0.1) is 11.6 Å². The molecule has 0 unspecified atom stereocenters. The Morgan fingerprint density at radius 1 is 1.28 bits per heavy atom. The van der Waals surface area contributed by atoms with Crippen LogP contribution in [0, 0.1) is 0 Å². The highest BCUT2D eigenvalue weighted by Crippen LogP contribution is 2.24. The Hall–Kier alpha value is -3.03. The molecular formula is C17H19N7O. The number of nitrogens with zero attached hydrogens (tertiary/aromatic N) is 6. The molecule has 8 nitrogen and oxygen atoms in total. The van der Waals surface area contributed by atoms with Crippen molar-refractivity contribution in [2.75, 3.05) is 0 Å². The van der Waals surface area contributed by atoms with Crippen molar-refractivity contribution in [3.63, 3.8) is 0 Å². The molecule has 0 spiro atoms. The molecule has 3 aromatic rings. The lowest BCUT2D eigenvalue weighted by Gasteiger charge is -2.14. The predicted molar refractivity (Wildman–Crippen MR) is 89.8 cm³/mol. The minimum atomic E-state index is -0.285. The Balaban J connectivity index is 1.45. The SMILES string of the molecule is O=C(NCc1cccc(-n2cccn2)c1)[C@H]1CCCCn2nnnc21. The Kier molecular flexibility index (Phi) is 4.24. The number of hydrogen-bond acceptors (Lipinski definition) is 5. The Morgan fingerprint density at radius 2 is 2.24 bits per heavy atom. The van der Waals surface area contributed by atoms with E-state index >= 15 is 0 Å². The summed E-state index contributed by atoms with van der Waals surface area (Å²) in [7, 11) is 0. The lowest BCUT2D eigenvalue weighted by atomic mass is 10.0. The van der Waals surface area contributed by atoms with E-state index < -0.39 is 0 Å². The van der Waals surface area contributed by atoms with Crippen molar-refractivity contribution >= 4 is 5.91 Å². The number of benzene rings is 1. The third kappa shape index (κ3) is 3.28. The first-order valence-electron chi connectivity index (χ1n) is 8.44. The zero-order chi connectivity index (χ0) is 17.1. The van der Waals surface area contributed by atoms with Gasteiger partial charge in [0.1, 0.15) is 0 Å². The van der Waals surface area contributed by atoms with E-state index in [1.165, 1.54) is 0 Å². The molecule has 0 saturated carbocycles. The summed E-state index contributed by atoms with van der Waals surface area (Å²) in [5.74, 6) is 0.356. The molecule has 4 rings (SSSR count). The van der Waals surface area contributed by atoms with Gasteiger partial charge in [-0.15, -0.1) is 5.10 Å². The van der Waals surface area contributed by atoms with E-state index in [4.69, 9.17) is 0 Å². The molecule has 3 heterocycles. The van der Waals surface area contributed by atoms with Gasteiger partial charge in [-0.2, -0.15) is 5.10 Å². The average molecular weight is 337 g/mol. The van der Waals surface area contributed by atoms with Crippen molar-refractivity contribution in [2.45, 2.75) is 38.3 Å². The molecular weight excluding hydrogens is 318 g/mol. The first-order chi connectivity index (χ1) is 12.3. The fourth-order valence-electron chi connectivity index (χ4n) is 3.15. The lowest BCUT2D eigenvalue weighted by Crippen LogP contribution is -2.30. The van der Waals surface area contributed by atoms with E-state index in [0.29, 0.717) is 12.4 Å². The van der Waals surface area contributed by atoms with Crippen LogP contribution in [0.1, 0.15) is 36.6 Å². The zero-order valence-electron chi connectivity index (χ0n) is 13.7. The van der Waals surface area contributed by atoms with Gasteiger partial charge in [0.15, 0.2) is 5.82 Å². The maximum atomic E-state index is 12.7. The number of carbonyl (C=O) groups excluding carboxylic acids is 1. The Bertz CT molecular complexity index is 856. The summed E-state index contributed by atoms with van der Waals surface area (Å²) in [5.41, 5.74) is 1.99. The second-order valence-corrected chi connectivity index (χ2v) is 6.15. The lowest BCUT2D eigenvalue weighted by molar-refractivity contribution is -0.123. The normalized spacial score (nSPS) is 16.9. The van der Waals surface area contributed by atoms with Crippen LogP contribution in [0.15, 0.2) is 42.7 Å². The van der Waals surface area contributed by atoms with Crippen molar-refractivity contribution in [2.24, 2.45) is 0 Å². The van der Waals surface area contributed by atoms with E-state index in [1.54, 1.807) is 15.6 Å². The fraction of sp³-hybridized carbons (Fsp3) is 0.353. The van der Waals surface area contributed by atoms with Crippen LogP contribution in [0.2, 0.25) is 0 Å². The number of amides is 1. The summed E-state index contributed by atoms with van der Waals surface area (Å²) in [5, 5.41) is 19.0. The van der Waals surface area contributed by atoms with Gasteiger partial charge in [0.2, 0.25) is 5.91 Å². The first kappa shape index (κ1) is 15.5. The smallest absolute Gasteiger partial charge is 0.231 e. The van der Waals surface area contributed by atoms with Gasteiger partial charge in [0.25, 0.3) is 0 Å². The number of tetrazole rings is 1. The van der Waals surface area contributed by atoms with Gasteiger partial charge in [0, 0.05) is 25.5 Å². The number of rotatable bonds is 4. The molecule has 1 aromatic carbocycles. The fourth-order valence-corrected chi connectivity index (χ4v) is 3.15. The van der Waals surface area contributed by atoms with Crippen molar-refractivity contribution in [3.8, 4) is 5.69 Å². The van der Waals surface area contributed by atoms with Crippen molar-refractivity contribution in [1.82, 2.24) is 35.3 Å². The third-order valence-electron chi connectivity index (χ3n) is 4.45. The highest BCUT2D eigenvalue weighted by Gasteiger charge is 2.28. The monoisotopic (exact) mass is 337 g/mol. The molecule has 1 aliphatic heterocycles. The highest BCUT2D eigenvalue weighted by atomic mass is 16.1. The molecule has 25 heavy (non-hydrogen) atoms. The molecule has 1 aliphatic rings. The minimum Gasteiger partial charge on any atom is -0.351 e. The maximum Gasteiger partial charge on any atom is 0.231 e. The zero-order valence-corrected chi connectivity index (χ0v) is 13.7. The average Bonchev–Trinajstić information content (AvgIpc) is 3.29. The molecule has 2 aromatic heterocycles. The summed E-state index contributed by atoms with van der Waals surface area (Å²) in [6.45, 7) is 1.24. The summed E-state index contributed by atoms with van der Waals surface area (Å²) >= 11 is 0. The number of nitrogens with one attached hydrogen (secondary N) is 1. The molecule has 1 atom stereocenters. The van der Waals surface area contributed by atoms with E-state index in [1.807, 2.05) is 36.5 Å². The Morgan fingerprint density at radius 3 is 3.12 bits per heavy atom. The molecule has 0 aliphatic carbocycles. The van der Waals surface area contributed by atoms with Crippen LogP contribution in [0.25, 0.3) is 5.69 Å².